The largest absolute Gasteiger partial charge is 0.462 e. The third-order valence-electron chi connectivity index (χ3n) is 2.28. The van der Waals surface area contributed by atoms with Crippen LogP contribution < -0.4 is 4.84 Å². The molecule has 0 aliphatic heterocycles. The SMILES string of the molecule is CCOC(=O)c1cnn(OCc2ccccc2)c1. The van der Waals surface area contributed by atoms with Gasteiger partial charge in [-0.15, -0.1) is 9.94 Å². The molecule has 0 spiro atoms. The number of rotatable bonds is 5. The summed E-state index contributed by atoms with van der Waals surface area (Å²) in [5, 5.41) is 3.93. The van der Waals surface area contributed by atoms with E-state index in [1.807, 2.05) is 30.3 Å². The van der Waals surface area contributed by atoms with Crippen molar-refractivity contribution in [3.8, 4) is 0 Å². The Hall–Kier alpha value is -2.30. The van der Waals surface area contributed by atoms with Crippen molar-refractivity contribution in [3.63, 3.8) is 0 Å². The molecule has 2 rings (SSSR count). The van der Waals surface area contributed by atoms with Gasteiger partial charge in [0.2, 0.25) is 0 Å². The lowest BCUT2D eigenvalue weighted by molar-refractivity contribution is 0.0517. The van der Waals surface area contributed by atoms with Gasteiger partial charge in [-0.25, -0.2) is 4.79 Å². The summed E-state index contributed by atoms with van der Waals surface area (Å²) in [5.41, 5.74) is 1.41. The molecule has 0 radical (unpaired) electrons. The fraction of sp³-hybridized carbons (Fsp3) is 0.231. The van der Waals surface area contributed by atoms with Crippen molar-refractivity contribution >= 4 is 5.97 Å². The molecule has 1 aromatic heterocycles. The fourth-order valence-corrected chi connectivity index (χ4v) is 1.41. The zero-order valence-electron chi connectivity index (χ0n) is 10.1. The first-order valence-corrected chi connectivity index (χ1v) is 5.68. The molecule has 1 heterocycles. The van der Waals surface area contributed by atoms with Crippen molar-refractivity contribution in [1.29, 1.82) is 0 Å². The molecule has 2 aromatic rings. The van der Waals surface area contributed by atoms with Crippen LogP contribution in [-0.4, -0.2) is 22.5 Å². The highest BCUT2D eigenvalue weighted by Crippen LogP contribution is 2.02. The lowest BCUT2D eigenvalue weighted by Gasteiger charge is -2.04. The highest BCUT2D eigenvalue weighted by Gasteiger charge is 2.09. The molecule has 5 heteroatoms. The van der Waals surface area contributed by atoms with E-state index in [1.54, 1.807) is 6.92 Å². The Morgan fingerprint density at radius 2 is 2.11 bits per heavy atom. The Bertz CT molecular complexity index is 508. The summed E-state index contributed by atoms with van der Waals surface area (Å²) in [5.74, 6) is -0.396. The summed E-state index contributed by atoms with van der Waals surface area (Å²) < 4.78 is 4.86. The molecular formula is C13H14N2O3. The van der Waals surface area contributed by atoms with E-state index in [2.05, 4.69) is 5.10 Å². The summed E-state index contributed by atoms with van der Waals surface area (Å²) in [6.07, 6.45) is 2.92. The van der Waals surface area contributed by atoms with Gasteiger partial charge in [-0.3, -0.25) is 0 Å². The van der Waals surface area contributed by atoms with E-state index in [0.717, 1.165) is 5.56 Å². The van der Waals surface area contributed by atoms with E-state index < -0.39 is 5.97 Å². The van der Waals surface area contributed by atoms with E-state index in [0.29, 0.717) is 18.8 Å². The third kappa shape index (κ3) is 3.10. The van der Waals surface area contributed by atoms with Gasteiger partial charge in [0.05, 0.1) is 19.0 Å². The lowest BCUT2D eigenvalue weighted by atomic mass is 10.2. The van der Waals surface area contributed by atoms with Crippen molar-refractivity contribution in [3.05, 3.63) is 53.9 Å². The Balaban J connectivity index is 1.93. The standard InChI is InChI=1S/C13H14N2O3/c1-2-17-13(16)12-8-14-15(9-12)18-10-11-6-4-3-5-7-11/h3-9H,2,10H2,1H3. The molecule has 5 nitrogen and oxygen atoms in total. The quantitative estimate of drug-likeness (QED) is 0.753. The summed E-state index contributed by atoms with van der Waals surface area (Å²) in [6.45, 7) is 2.49. The number of carbonyl (C=O) groups is 1. The maximum absolute atomic E-state index is 11.4. The number of nitrogens with zero attached hydrogens (tertiary/aromatic N) is 2. The smallest absolute Gasteiger partial charge is 0.341 e. The van der Waals surface area contributed by atoms with E-state index in [-0.39, 0.29) is 0 Å². The van der Waals surface area contributed by atoms with Gasteiger partial charge in [-0.05, 0) is 12.5 Å². The van der Waals surface area contributed by atoms with E-state index in [1.165, 1.54) is 17.2 Å². The zero-order chi connectivity index (χ0) is 12.8. The van der Waals surface area contributed by atoms with E-state index in [4.69, 9.17) is 9.57 Å². The van der Waals surface area contributed by atoms with Crippen LogP contribution >= 0.6 is 0 Å². The van der Waals surface area contributed by atoms with Gasteiger partial charge in [0.1, 0.15) is 12.2 Å². The van der Waals surface area contributed by atoms with Crippen molar-refractivity contribution in [2.75, 3.05) is 6.61 Å². The van der Waals surface area contributed by atoms with Crippen LogP contribution in [0, 0.1) is 0 Å². The number of esters is 1. The van der Waals surface area contributed by atoms with Crippen LogP contribution in [0.2, 0.25) is 0 Å². The third-order valence-corrected chi connectivity index (χ3v) is 2.28. The molecule has 0 bridgehead atoms. The molecular weight excluding hydrogens is 232 g/mol. The minimum Gasteiger partial charge on any atom is -0.462 e. The van der Waals surface area contributed by atoms with Crippen molar-refractivity contribution in [1.82, 2.24) is 9.94 Å². The first-order chi connectivity index (χ1) is 8.79. The Kier molecular flexibility index (Phi) is 3.96. The molecule has 94 valence electrons. The van der Waals surface area contributed by atoms with Crippen LogP contribution in [0.4, 0.5) is 0 Å². The van der Waals surface area contributed by atoms with Crippen LogP contribution in [-0.2, 0) is 11.3 Å². The summed E-state index contributed by atoms with van der Waals surface area (Å²) >= 11 is 0. The van der Waals surface area contributed by atoms with Gasteiger partial charge in [-0.2, -0.15) is 0 Å². The number of carbonyl (C=O) groups excluding carboxylic acids is 1. The summed E-state index contributed by atoms with van der Waals surface area (Å²) in [7, 11) is 0. The summed E-state index contributed by atoms with van der Waals surface area (Å²) in [6, 6.07) is 9.72. The predicted octanol–water partition coefficient (Wildman–Crippen LogP) is 1.69. The number of hydrogen-bond donors (Lipinski definition) is 0. The van der Waals surface area contributed by atoms with Gasteiger partial charge >= 0.3 is 5.97 Å². The Labute approximate surface area is 105 Å². The molecule has 0 unspecified atom stereocenters. The van der Waals surface area contributed by atoms with Crippen molar-refractivity contribution in [2.45, 2.75) is 13.5 Å². The molecule has 0 aliphatic carbocycles. The normalized spacial score (nSPS) is 10.1. The lowest BCUT2D eigenvalue weighted by Crippen LogP contribution is -2.11. The molecule has 0 aliphatic rings. The molecule has 0 amide bonds. The fourth-order valence-electron chi connectivity index (χ4n) is 1.41. The van der Waals surface area contributed by atoms with Gasteiger partial charge in [0.15, 0.2) is 0 Å². The maximum Gasteiger partial charge on any atom is 0.341 e. The molecule has 1 aromatic carbocycles. The van der Waals surface area contributed by atoms with E-state index >= 15 is 0 Å². The predicted molar refractivity (Wildman–Crippen MR) is 64.9 cm³/mol. The average Bonchev–Trinajstić information content (AvgIpc) is 2.87. The van der Waals surface area contributed by atoms with Gasteiger partial charge < -0.3 is 9.57 Å². The number of benzene rings is 1. The highest BCUT2D eigenvalue weighted by atomic mass is 16.7. The van der Waals surface area contributed by atoms with Gasteiger partial charge in [-0.1, -0.05) is 30.3 Å². The van der Waals surface area contributed by atoms with Gasteiger partial charge in [0, 0.05) is 0 Å². The van der Waals surface area contributed by atoms with Crippen molar-refractivity contribution in [2.24, 2.45) is 0 Å². The second kappa shape index (κ2) is 5.86. The van der Waals surface area contributed by atoms with Crippen LogP contribution in [0.5, 0.6) is 0 Å². The average molecular weight is 246 g/mol. The maximum atomic E-state index is 11.4. The van der Waals surface area contributed by atoms with Crippen LogP contribution in [0.3, 0.4) is 0 Å². The van der Waals surface area contributed by atoms with E-state index in [9.17, 15) is 4.79 Å². The minimum absolute atomic E-state index is 0.342. The molecule has 18 heavy (non-hydrogen) atoms. The molecule has 0 atom stereocenters. The first kappa shape index (κ1) is 12.2. The molecule has 0 fully saturated rings. The second-order valence-corrected chi connectivity index (χ2v) is 3.61. The number of hydrogen-bond acceptors (Lipinski definition) is 4. The zero-order valence-corrected chi connectivity index (χ0v) is 10.1. The highest BCUT2D eigenvalue weighted by molar-refractivity contribution is 5.88. The first-order valence-electron chi connectivity index (χ1n) is 5.68. The Morgan fingerprint density at radius 1 is 1.33 bits per heavy atom. The molecule has 0 N–H and O–H groups in total. The minimum atomic E-state index is -0.396. The Morgan fingerprint density at radius 3 is 2.83 bits per heavy atom. The monoisotopic (exact) mass is 246 g/mol. The van der Waals surface area contributed by atoms with Crippen molar-refractivity contribution < 1.29 is 14.4 Å². The topological polar surface area (TPSA) is 53.3 Å². The number of ether oxygens (including phenoxy) is 1. The molecule has 0 saturated carbocycles. The molecule has 0 saturated heterocycles. The van der Waals surface area contributed by atoms with Crippen LogP contribution in [0.25, 0.3) is 0 Å². The van der Waals surface area contributed by atoms with Crippen LogP contribution in [0.1, 0.15) is 22.8 Å². The number of aromatic nitrogens is 2. The van der Waals surface area contributed by atoms with Crippen LogP contribution in [0.15, 0.2) is 42.7 Å². The van der Waals surface area contributed by atoms with Gasteiger partial charge in [0.25, 0.3) is 0 Å². The summed E-state index contributed by atoms with van der Waals surface area (Å²) in [4.78, 5) is 18.1. The second-order valence-electron chi connectivity index (χ2n) is 3.61.